The first kappa shape index (κ1) is 20.2. The summed E-state index contributed by atoms with van der Waals surface area (Å²) in [5.41, 5.74) is 0.609. The average Bonchev–Trinajstić information content (AvgIpc) is 3.13. The molecule has 2 aromatic rings. The first-order valence-electron chi connectivity index (χ1n) is 8.29. The number of aromatic nitrogens is 3. The van der Waals surface area contributed by atoms with E-state index in [1.807, 2.05) is 58.9 Å². The quantitative estimate of drug-likeness (QED) is 0.793. The van der Waals surface area contributed by atoms with Crippen LogP contribution in [-0.4, -0.2) is 43.7 Å². The Hall–Kier alpha value is -2.12. The fourth-order valence-corrected chi connectivity index (χ4v) is 2.90. The average molecular weight is 381 g/mol. The van der Waals surface area contributed by atoms with Gasteiger partial charge in [-0.2, -0.15) is 5.10 Å². The largest absolute Gasteiger partial charge is 0.444 e. The Morgan fingerprint density at radius 1 is 1.27 bits per heavy atom. The van der Waals surface area contributed by atoms with Gasteiger partial charge in [0.2, 0.25) is 0 Å². The molecule has 1 aromatic carbocycles. The molecule has 1 saturated heterocycles. The molecule has 1 fully saturated rings. The van der Waals surface area contributed by atoms with Gasteiger partial charge in [0.25, 0.3) is 0 Å². The van der Waals surface area contributed by atoms with Gasteiger partial charge in [-0.05, 0) is 52.3 Å². The van der Waals surface area contributed by atoms with Crippen LogP contribution in [0.5, 0.6) is 0 Å². The minimum absolute atomic E-state index is 0. The Bertz CT molecular complexity index is 739. The van der Waals surface area contributed by atoms with Crippen LogP contribution in [0.2, 0.25) is 0 Å². The van der Waals surface area contributed by atoms with Gasteiger partial charge in [-0.3, -0.25) is 4.90 Å². The number of ether oxygens (including phenoxy) is 2. The molecule has 0 N–H and O–H groups in total. The van der Waals surface area contributed by atoms with Crippen LogP contribution >= 0.6 is 12.4 Å². The van der Waals surface area contributed by atoms with Crippen LogP contribution in [0.3, 0.4) is 0 Å². The summed E-state index contributed by atoms with van der Waals surface area (Å²) in [6, 6.07) is 7.65. The third-order valence-electron chi connectivity index (χ3n) is 4.04. The molecular weight excluding hydrogens is 356 g/mol. The van der Waals surface area contributed by atoms with Crippen molar-refractivity contribution in [2.24, 2.45) is 0 Å². The zero-order chi connectivity index (χ0) is 18.2. The first-order chi connectivity index (χ1) is 11.7. The van der Waals surface area contributed by atoms with E-state index in [0.717, 1.165) is 11.3 Å². The molecule has 0 radical (unpaired) electrons. The highest BCUT2D eigenvalue weighted by molar-refractivity contribution is 5.85. The summed E-state index contributed by atoms with van der Waals surface area (Å²) in [5, 5.41) is 4.12. The third-order valence-corrected chi connectivity index (χ3v) is 4.04. The third kappa shape index (κ3) is 4.16. The smallest absolute Gasteiger partial charge is 0.413 e. The Morgan fingerprint density at radius 3 is 2.46 bits per heavy atom. The van der Waals surface area contributed by atoms with Crippen molar-refractivity contribution in [3.8, 4) is 5.69 Å². The Labute approximate surface area is 159 Å². The highest BCUT2D eigenvalue weighted by Crippen LogP contribution is 2.38. The number of hydrogen-bond donors (Lipinski definition) is 0. The number of nitrogens with zero attached hydrogens (tertiary/aromatic N) is 4. The van der Waals surface area contributed by atoms with Crippen LogP contribution < -0.4 is 0 Å². The van der Waals surface area contributed by atoms with Gasteiger partial charge in [0.15, 0.2) is 0 Å². The summed E-state index contributed by atoms with van der Waals surface area (Å²) in [6.45, 7) is 9.75. The second-order valence-corrected chi connectivity index (χ2v) is 7.56. The summed E-state index contributed by atoms with van der Waals surface area (Å²) in [4.78, 5) is 18.3. The van der Waals surface area contributed by atoms with Crippen molar-refractivity contribution in [1.82, 2.24) is 19.7 Å². The number of rotatable bonds is 2. The Morgan fingerprint density at radius 2 is 1.92 bits per heavy atom. The van der Waals surface area contributed by atoms with Gasteiger partial charge < -0.3 is 9.47 Å². The molecule has 1 aromatic heterocycles. The van der Waals surface area contributed by atoms with Crippen molar-refractivity contribution in [3.05, 3.63) is 42.5 Å². The number of carbonyl (C=O) groups excluding carboxylic acids is 1. The maximum atomic E-state index is 12.7. The standard InChI is InChI=1S/C18H24N4O3.ClH/c1-17(2,3)25-16(23)22-15(10-24-18(22,4)5)13-6-8-14(9-7-13)21-12-19-11-20-21;/h6-9,11-12,15H,10H2,1-5H3;1H/t15-;/m0./s1. The van der Waals surface area contributed by atoms with E-state index in [1.54, 1.807) is 15.9 Å². The molecule has 3 rings (SSSR count). The summed E-state index contributed by atoms with van der Waals surface area (Å²) in [7, 11) is 0. The van der Waals surface area contributed by atoms with Gasteiger partial charge in [-0.1, -0.05) is 12.1 Å². The molecule has 1 aliphatic rings. The predicted octanol–water partition coefficient (Wildman–Crippen LogP) is 3.73. The maximum absolute atomic E-state index is 12.7. The molecule has 0 bridgehead atoms. The van der Waals surface area contributed by atoms with E-state index >= 15 is 0 Å². The molecule has 1 atom stereocenters. The van der Waals surface area contributed by atoms with Crippen LogP contribution in [0.15, 0.2) is 36.9 Å². The molecule has 8 heteroatoms. The summed E-state index contributed by atoms with van der Waals surface area (Å²) in [5.74, 6) is 0. The predicted molar refractivity (Wildman–Crippen MR) is 99.5 cm³/mol. The van der Waals surface area contributed by atoms with Gasteiger partial charge in [0.1, 0.15) is 24.0 Å². The lowest BCUT2D eigenvalue weighted by atomic mass is 10.1. The van der Waals surface area contributed by atoms with Crippen molar-refractivity contribution in [2.45, 2.75) is 52.0 Å². The molecular formula is C18H25ClN4O3. The van der Waals surface area contributed by atoms with Gasteiger partial charge in [0, 0.05) is 0 Å². The fourth-order valence-electron chi connectivity index (χ4n) is 2.90. The van der Waals surface area contributed by atoms with Crippen molar-refractivity contribution in [1.29, 1.82) is 0 Å². The highest BCUT2D eigenvalue weighted by atomic mass is 35.5. The van der Waals surface area contributed by atoms with E-state index in [1.165, 1.54) is 6.33 Å². The molecule has 26 heavy (non-hydrogen) atoms. The lowest BCUT2D eigenvalue weighted by Gasteiger charge is -2.35. The minimum atomic E-state index is -0.725. The number of benzene rings is 1. The summed E-state index contributed by atoms with van der Waals surface area (Å²) < 4.78 is 13.1. The van der Waals surface area contributed by atoms with Crippen LogP contribution in [-0.2, 0) is 9.47 Å². The summed E-state index contributed by atoms with van der Waals surface area (Å²) >= 11 is 0. The Balaban J connectivity index is 0.00000243. The van der Waals surface area contributed by atoms with Crippen molar-refractivity contribution in [3.63, 3.8) is 0 Å². The molecule has 1 amide bonds. The van der Waals surface area contributed by atoms with E-state index in [-0.39, 0.29) is 24.5 Å². The van der Waals surface area contributed by atoms with Crippen LogP contribution in [0.1, 0.15) is 46.2 Å². The van der Waals surface area contributed by atoms with E-state index in [9.17, 15) is 4.79 Å². The lowest BCUT2D eigenvalue weighted by Crippen LogP contribution is -2.47. The van der Waals surface area contributed by atoms with Gasteiger partial charge in [0.05, 0.1) is 18.3 Å². The molecule has 0 aliphatic carbocycles. The second-order valence-electron chi connectivity index (χ2n) is 7.56. The topological polar surface area (TPSA) is 69.5 Å². The second kappa shape index (κ2) is 7.25. The normalized spacial score (nSPS) is 19.1. The molecule has 0 saturated carbocycles. The van der Waals surface area contributed by atoms with Crippen LogP contribution in [0.25, 0.3) is 5.69 Å². The number of carbonyl (C=O) groups is 1. The molecule has 1 aliphatic heterocycles. The molecule has 0 unspecified atom stereocenters. The summed E-state index contributed by atoms with van der Waals surface area (Å²) in [6.07, 6.45) is 2.76. The number of amides is 1. The van der Waals surface area contributed by atoms with E-state index in [4.69, 9.17) is 9.47 Å². The monoisotopic (exact) mass is 380 g/mol. The number of hydrogen-bond acceptors (Lipinski definition) is 5. The van der Waals surface area contributed by atoms with Crippen molar-refractivity contribution in [2.75, 3.05) is 6.61 Å². The molecule has 142 valence electrons. The molecule has 2 heterocycles. The SMILES string of the molecule is CC(C)(C)OC(=O)N1[C@H](c2ccc(-n3cncn3)cc2)COC1(C)C.Cl. The molecule has 7 nitrogen and oxygen atoms in total. The van der Waals surface area contributed by atoms with Gasteiger partial charge in [-0.25, -0.2) is 14.5 Å². The highest BCUT2D eigenvalue weighted by Gasteiger charge is 2.46. The number of halogens is 1. The lowest BCUT2D eigenvalue weighted by molar-refractivity contribution is -0.0626. The van der Waals surface area contributed by atoms with Gasteiger partial charge >= 0.3 is 6.09 Å². The van der Waals surface area contributed by atoms with Crippen molar-refractivity contribution >= 4 is 18.5 Å². The van der Waals surface area contributed by atoms with Crippen LogP contribution in [0, 0.1) is 0 Å². The maximum Gasteiger partial charge on any atom is 0.413 e. The van der Waals surface area contributed by atoms with E-state index in [0.29, 0.717) is 6.61 Å². The van der Waals surface area contributed by atoms with Crippen molar-refractivity contribution < 1.29 is 14.3 Å². The van der Waals surface area contributed by atoms with Gasteiger partial charge in [-0.15, -0.1) is 12.4 Å². The van der Waals surface area contributed by atoms with E-state index < -0.39 is 11.3 Å². The minimum Gasteiger partial charge on any atom is -0.444 e. The fraction of sp³-hybridized carbons (Fsp3) is 0.500. The van der Waals surface area contributed by atoms with Crippen LogP contribution in [0.4, 0.5) is 4.79 Å². The Kier molecular flexibility index (Phi) is 5.63. The van der Waals surface area contributed by atoms with E-state index in [2.05, 4.69) is 10.1 Å². The zero-order valence-corrected chi connectivity index (χ0v) is 16.5. The zero-order valence-electron chi connectivity index (χ0n) is 15.7. The molecule has 0 spiro atoms. The first-order valence-corrected chi connectivity index (χ1v) is 8.29.